The van der Waals surface area contributed by atoms with Crippen LogP contribution in [-0.4, -0.2) is 35.1 Å². The topological polar surface area (TPSA) is 139 Å². The number of hydrogen-bond acceptors (Lipinski definition) is 6. The fraction of sp³-hybridized carbons (Fsp3) is 0.389. The summed E-state index contributed by atoms with van der Waals surface area (Å²) in [4.78, 5) is 46.4. The van der Waals surface area contributed by atoms with E-state index in [1.54, 1.807) is 12.1 Å². The second-order valence-electron chi connectivity index (χ2n) is 10.9. The van der Waals surface area contributed by atoms with Crippen LogP contribution in [0.5, 0.6) is 0 Å². The molecule has 0 radical (unpaired) electrons. The number of carbonyl (C=O) groups excluding carboxylic acids is 4. The Morgan fingerprint density at radius 1 is 0.614 bits per heavy atom. The maximum absolute atomic E-state index is 12.1. The van der Waals surface area contributed by atoms with E-state index in [4.69, 9.17) is 10.8 Å². The van der Waals surface area contributed by atoms with Crippen molar-refractivity contribution in [3.63, 3.8) is 0 Å². The van der Waals surface area contributed by atoms with Crippen LogP contribution in [0, 0.1) is 6.92 Å². The van der Waals surface area contributed by atoms with Gasteiger partial charge >= 0.3 is 0 Å². The third kappa shape index (κ3) is 15.8. The largest absolute Gasteiger partial charge is 0.397 e. The van der Waals surface area contributed by atoms with Crippen molar-refractivity contribution in [3.8, 4) is 0 Å². The number of rotatable bonds is 18. The second-order valence-corrected chi connectivity index (χ2v) is 10.9. The Kier molecular flexibility index (Phi) is 17.5. The van der Waals surface area contributed by atoms with Gasteiger partial charge in [0.15, 0.2) is 11.6 Å². The molecule has 0 saturated carbocycles. The first kappa shape index (κ1) is 35.9. The van der Waals surface area contributed by atoms with Gasteiger partial charge in [0.2, 0.25) is 11.8 Å². The normalized spacial score (nSPS) is 10.3. The predicted molar refractivity (Wildman–Crippen MR) is 178 cm³/mol. The first-order valence-electron chi connectivity index (χ1n) is 15.5. The van der Waals surface area contributed by atoms with Crippen molar-refractivity contribution < 1.29 is 24.3 Å². The molecule has 0 aliphatic heterocycles. The fourth-order valence-electron chi connectivity index (χ4n) is 4.42. The van der Waals surface area contributed by atoms with Crippen molar-refractivity contribution >= 4 is 40.4 Å². The number of nitrogens with two attached hydrogens (primary N) is 1. The number of aryl methyl sites for hydroxylation is 1. The van der Waals surface area contributed by atoms with Crippen LogP contribution in [0.1, 0.15) is 93.0 Å². The molecule has 0 aromatic heterocycles. The van der Waals surface area contributed by atoms with Crippen LogP contribution in [0.15, 0.2) is 78.9 Å². The smallest absolute Gasteiger partial charge is 0.224 e. The average Bonchev–Trinajstić information content (AvgIpc) is 3.02. The Morgan fingerprint density at radius 2 is 1.14 bits per heavy atom. The molecule has 0 spiro atoms. The van der Waals surface area contributed by atoms with Crippen LogP contribution in [0.25, 0.3) is 0 Å². The quantitative estimate of drug-likeness (QED) is 0.0687. The molecule has 0 aliphatic carbocycles. The van der Waals surface area contributed by atoms with Gasteiger partial charge in [-0.3, -0.25) is 19.2 Å². The highest BCUT2D eigenvalue weighted by molar-refractivity contribution is 5.96. The van der Waals surface area contributed by atoms with Crippen molar-refractivity contribution in [3.05, 3.63) is 90.0 Å². The average molecular weight is 602 g/mol. The summed E-state index contributed by atoms with van der Waals surface area (Å²) >= 11 is 0. The predicted octanol–water partition coefficient (Wildman–Crippen LogP) is 7.27. The number of nitrogens with one attached hydrogen (secondary N) is 2. The van der Waals surface area contributed by atoms with E-state index >= 15 is 0 Å². The summed E-state index contributed by atoms with van der Waals surface area (Å²) in [5.41, 5.74) is 9.80. The molecule has 0 fully saturated rings. The summed E-state index contributed by atoms with van der Waals surface area (Å²) in [5.74, 6) is 0.0883. The maximum atomic E-state index is 12.1. The molecular formula is C36H47N3O5. The lowest BCUT2D eigenvalue weighted by Gasteiger charge is -2.07. The van der Waals surface area contributed by atoms with Gasteiger partial charge in [-0.05, 0) is 56.9 Å². The fourth-order valence-corrected chi connectivity index (χ4v) is 4.42. The molecule has 0 saturated heterocycles. The Morgan fingerprint density at radius 3 is 1.73 bits per heavy atom. The SMILES string of the molecule is Cc1ccc(C(=O)CCCCCCC(=O)Nc2ccccc2N)cc1.O=C(CO)CCCCCCC(=O)Nc1ccccc1. The van der Waals surface area contributed by atoms with Gasteiger partial charge in [-0.25, -0.2) is 0 Å². The second kappa shape index (κ2) is 21.4. The van der Waals surface area contributed by atoms with E-state index < -0.39 is 0 Å². The summed E-state index contributed by atoms with van der Waals surface area (Å²) in [5, 5.41) is 14.2. The number of benzene rings is 3. The molecule has 5 N–H and O–H groups in total. The van der Waals surface area contributed by atoms with Gasteiger partial charge in [0, 0.05) is 36.9 Å². The van der Waals surface area contributed by atoms with E-state index in [0.717, 1.165) is 68.2 Å². The van der Waals surface area contributed by atoms with E-state index in [-0.39, 0.29) is 30.0 Å². The van der Waals surface area contributed by atoms with Crippen molar-refractivity contribution in [2.45, 2.75) is 84.0 Å². The van der Waals surface area contributed by atoms with Crippen molar-refractivity contribution in [2.24, 2.45) is 0 Å². The molecule has 0 unspecified atom stereocenters. The van der Waals surface area contributed by atoms with E-state index in [0.29, 0.717) is 37.1 Å². The third-order valence-electron chi connectivity index (χ3n) is 7.01. The number of ketones is 2. The van der Waals surface area contributed by atoms with Crippen LogP contribution in [0.4, 0.5) is 17.1 Å². The summed E-state index contributed by atoms with van der Waals surface area (Å²) in [7, 11) is 0. The number of aliphatic hydroxyl groups excluding tert-OH is 1. The minimum absolute atomic E-state index is 0.0198. The first-order chi connectivity index (χ1) is 21.3. The monoisotopic (exact) mass is 601 g/mol. The van der Waals surface area contributed by atoms with Crippen LogP contribution in [0.3, 0.4) is 0 Å². The molecule has 3 aromatic rings. The number of aliphatic hydroxyl groups is 1. The Labute approximate surface area is 261 Å². The standard InChI is InChI=1S/C21H26N2O2.C15H21NO3/c1-16-12-14-17(15-13-16)20(24)10-4-2-3-5-11-21(25)23-19-9-7-6-8-18(19)22;17-12-14(18)10-6-1-2-7-11-15(19)16-13-8-4-3-5-9-13/h6-9,12-15H,2-5,10-11,22H2,1H3,(H,23,25);3-5,8-9,17H,1-2,6-7,10-12H2,(H,16,19). The molecule has 3 aromatic carbocycles. The number of unbranched alkanes of at least 4 members (excludes halogenated alkanes) is 6. The molecule has 0 aliphatic rings. The van der Waals surface area contributed by atoms with Crippen LogP contribution in [0.2, 0.25) is 0 Å². The van der Waals surface area contributed by atoms with Gasteiger partial charge in [0.25, 0.3) is 0 Å². The van der Waals surface area contributed by atoms with Crippen molar-refractivity contribution in [1.82, 2.24) is 0 Å². The van der Waals surface area contributed by atoms with Gasteiger partial charge < -0.3 is 21.5 Å². The van der Waals surface area contributed by atoms with E-state index in [1.807, 2.05) is 73.7 Å². The first-order valence-corrected chi connectivity index (χ1v) is 15.5. The number of hydrogen-bond donors (Lipinski definition) is 4. The highest BCUT2D eigenvalue weighted by Gasteiger charge is 2.07. The van der Waals surface area contributed by atoms with Crippen LogP contribution >= 0.6 is 0 Å². The summed E-state index contributed by atoms with van der Waals surface area (Å²) < 4.78 is 0. The summed E-state index contributed by atoms with van der Waals surface area (Å²) in [6.07, 6.45) is 9.02. The minimum atomic E-state index is -0.362. The zero-order valence-electron chi connectivity index (χ0n) is 25.9. The molecule has 44 heavy (non-hydrogen) atoms. The Hall–Kier alpha value is -4.30. The third-order valence-corrected chi connectivity index (χ3v) is 7.01. The number of anilines is 3. The molecule has 0 bridgehead atoms. The molecule has 2 amide bonds. The highest BCUT2D eigenvalue weighted by Crippen LogP contribution is 2.18. The van der Waals surface area contributed by atoms with Crippen molar-refractivity contribution in [1.29, 1.82) is 0 Å². The number of carbonyl (C=O) groups is 4. The number of Topliss-reactive ketones (excluding diaryl/α,β-unsaturated/α-hetero) is 2. The molecule has 236 valence electrons. The zero-order chi connectivity index (χ0) is 32.0. The van der Waals surface area contributed by atoms with Gasteiger partial charge in [0.05, 0.1) is 11.4 Å². The van der Waals surface area contributed by atoms with Crippen LogP contribution in [-0.2, 0) is 14.4 Å². The lowest BCUT2D eigenvalue weighted by molar-refractivity contribution is -0.122. The van der Waals surface area contributed by atoms with Crippen LogP contribution < -0.4 is 16.4 Å². The molecule has 8 nitrogen and oxygen atoms in total. The summed E-state index contributed by atoms with van der Waals surface area (Å²) in [6.45, 7) is 1.65. The maximum Gasteiger partial charge on any atom is 0.224 e. The summed E-state index contributed by atoms with van der Waals surface area (Å²) in [6, 6.07) is 24.3. The number of amides is 2. The minimum Gasteiger partial charge on any atom is -0.397 e. The molecule has 3 rings (SSSR count). The molecule has 0 heterocycles. The zero-order valence-corrected chi connectivity index (χ0v) is 25.9. The van der Waals surface area contributed by atoms with Gasteiger partial charge in [0.1, 0.15) is 6.61 Å². The van der Waals surface area contributed by atoms with Gasteiger partial charge in [-0.15, -0.1) is 0 Å². The number of para-hydroxylation sites is 3. The van der Waals surface area contributed by atoms with Crippen molar-refractivity contribution in [2.75, 3.05) is 23.0 Å². The Bertz CT molecular complexity index is 1290. The molecular weight excluding hydrogens is 554 g/mol. The molecule has 0 atom stereocenters. The van der Waals surface area contributed by atoms with E-state index in [9.17, 15) is 19.2 Å². The lowest BCUT2D eigenvalue weighted by Crippen LogP contribution is -2.12. The van der Waals surface area contributed by atoms with E-state index in [2.05, 4.69) is 10.6 Å². The van der Waals surface area contributed by atoms with Gasteiger partial charge in [-0.1, -0.05) is 85.8 Å². The number of nitrogen functional groups attached to an aromatic ring is 1. The molecule has 8 heteroatoms. The Balaban J connectivity index is 0.000000319. The lowest BCUT2D eigenvalue weighted by atomic mass is 10.0. The van der Waals surface area contributed by atoms with Gasteiger partial charge in [-0.2, -0.15) is 0 Å². The van der Waals surface area contributed by atoms with E-state index in [1.165, 1.54) is 0 Å². The highest BCUT2D eigenvalue weighted by atomic mass is 16.3.